The number of aromatic nitrogens is 1. The highest BCUT2D eigenvalue weighted by atomic mass is 35.5. The van der Waals surface area contributed by atoms with Crippen LogP contribution in [0.5, 0.6) is 0 Å². The fourth-order valence-corrected chi connectivity index (χ4v) is 3.75. The predicted molar refractivity (Wildman–Crippen MR) is 94.1 cm³/mol. The highest BCUT2D eigenvalue weighted by molar-refractivity contribution is 8.00. The van der Waals surface area contributed by atoms with Crippen LogP contribution >= 0.6 is 23.4 Å². The Bertz CT molecular complexity index is 887. The number of benzene rings is 1. The minimum Gasteiger partial charge on any atom is -0.478 e. The second-order valence-corrected chi connectivity index (χ2v) is 7.07. The van der Waals surface area contributed by atoms with Crippen molar-refractivity contribution >= 4 is 46.8 Å². The Kier molecular flexibility index (Phi) is 4.78. The number of imide groups is 1. The van der Waals surface area contributed by atoms with Gasteiger partial charge in [0.15, 0.2) is 0 Å². The third kappa shape index (κ3) is 3.38. The Hall–Kier alpha value is -2.38. The number of amides is 2. The molecule has 1 N–H and O–H groups in total. The number of carbonyl (C=O) groups excluding carboxylic acids is 2. The number of carbonyl (C=O) groups is 3. The number of nitrogens with zero attached hydrogens (tertiary/aromatic N) is 2. The van der Waals surface area contributed by atoms with Crippen LogP contribution in [0.4, 0.5) is 5.69 Å². The van der Waals surface area contributed by atoms with Crippen LogP contribution in [0.1, 0.15) is 22.3 Å². The number of halogens is 1. The number of aromatic carboxylic acids is 1. The molecule has 0 spiro atoms. The van der Waals surface area contributed by atoms with E-state index in [4.69, 9.17) is 11.6 Å². The summed E-state index contributed by atoms with van der Waals surface area (Å²) < 4.78 is 0. The Morgan fingerprint density at radius 2 is 2.12 bits per heavy atom. The van der Waals surface area contributed by atoms with E-state index in [2.05, 4.69) is 4.98 Å². The normalized spacial score (nSPS) is 17.2. The summed E-state index contributed by atoms with van der Waals surface area (Å²) in [7, 11) is 0. The predicted octanol–water partition coefficient (Wildman–Crippen LogP) is 3.17. The van der Waals surface area contributed by atoms with Gasteiger partial charge in [-0.05, 0) is 36.8 Å². The Morgan fingerprint density at radius 1 is 1.36 bits per heavy atom. The summed E-state index contributed by atoms with van der Waals surface area (Å²) in [5.41, 5.74) is 1.26. The first-order chi connectivity index (χ1) is 11.9. The van der Waals surface area contributed by atoms with Crippen molar-refractivity contribution in [2.45, 2.75) is 23.6 Å². The van der Waals surface area contributed by atoms with E-state index in [9.17, 15) is 19.5 Å². The van der Waals surface area contributed by atoms with Gasteiger partial charge in [0, 0.05) is 17.6 Å². The van der Waals surface area contributed by atoms with Crippen molar-refractivity contribution in [3.05, 3.63) is 52.7 Å². The van der Waals surface area contributed by atoms with Crippen molar-refractivity contribution in [1.82, 2.24) is 4.98 Å². The van der Waals surface area contributed by atoms with Crippen molar-refractivity contribution in [2.24, 2.45) is 0 Å². The van der Waals surface area contributed by atoms with Gasteiger partial charge in [0.25, 0.3) is 0 Å². The van der Waals surface area contributed by atoms with E-state index in [1.165, 1.54) is 18.3 Å². The van der Waals surface area contributed by atoms with Crippen LogP contribution < -0.4 is 4.90 Å². The van der Waals surface area contributed by atoms with E-state index < -0.39 is 17.1 Å². The standard InChI is InChI=1S/C17H13ClN2O4S/c1-9-4-5-10(7-12(9)18)20-14(21)8-13(16(20)22)25-15-11(17(23)24)3-2-6-19-15/h2-7,13H,8H2,1H3,(H,23,24). The van der Waals surface area contributed by atoms with Gasteiger partial charge in [-0.25, -0.2) is 14.7 Å². The van der Waals surface area contributed by atoms with Crippen LogP contribution in [0.25, 0.3) is 0 Å². The molecule has 3 rings (SSSR count). The van der Waals surface area contributed by atoms with Gasteiger partial charge >= 0.3 is 5.97 Å². The smallest absolute Gasteiger partial charge is 0.338 e. The molecule has 2 aromatic rings. The molecule has 1 unspecified atom stereocenters. The zero-order chi connectivity index (χ0) is 18.1. The molecule has 6 nitrogen and oxygen atoms in total. The number of anilines is 1. The molecule has 128 valence electrons. The molecule has 1 aliphatic heterocycles. The summed E-state index contributed by atoms with van der Waals surface area (Å²) in [5, 5.41) is 9.17. The number of aryl methyl sites for hydroxylation is 1. The van der Waals surface area contributed by atoms with Crippen molar-refractivity contribution in [1.29, 1.82) is 0 Å². The molecule has 1 aliphatic rings. The monoisotopic (exact) mass is 376 g/mol. The molecular formula is C17H13ClN2O4S. The Balaban J connectivity index is 1.87. The molecule has 2 amide bonds. The summed E-state index contributed by atoms with van der Waals surface area (Å²) in [6.07, 6.45) is 1.43. The number of rotatable bonds is 4. The molecule has 1 fully saturated rings. The lowest BCUT2D eigenvalue weighted by atomic mass is 10.2. The van der Waals surface area contributed by atoms with Crippen LogP contribution in [-0.4, -0.2) is 33.1 Å². The van der Waals surface area contributed by atoms with Crippen molar-refractivity contribution in [3.8, 4) is 0 Å². The third-order valence-electron chi connectivity index (χ3n) is 3.77. The molecule has 25 heavy (non-hydrogen) atoms. The van der Waals surface area contributed by atoms with Gasteiger partial charge in [0.1, 0.15) is 5.03 Å². The highest BCUT2D eigenvalue weighted by Crippen LogP contribution is 2.35. The Morgan fingerprint density at radius 3 is 2.80 bits per heavy atom. The maximum Gasteiger partial charge on any atom is 0.338 e. The zero-order valence-electron chi connectivity index (χ0n) is 13.1. The minimum atomic E-state index is -1.13. The third-order valence-corrected chi connectivity index (χ3v) is 5.38. The van der Waals surface area contributed by atoms with Crippen LogP contribution in [0.15, 0.2) is 41.6 Å². The van der Waals surface area contributed by atoms with E-state index in [1.807, 2.05) is 6.92 Å². The quantitative estimate of drug-likeness (QED) is 0.824. The molecular weight excluding hydrogens is 364 g/mol. The number of carboxylic acid groups (broad SMARTS) is 1. The van der Waals surface area contributed by atoms with E-state index in [-0.39, 0.29) is 22.9 Å². The molecule has 1 atom stereocenters. The average Bonchev–Trinajstić information content (AvgIpc) is 2.84. The van der Waals surface area contributed by atoms with Crippen molar-refractivity contribution < 1.29 is 19.5 Å². The summed E-state index contributed by atoms with van der Waals surface area (Å²) in [5.74, 6) is -1.89. The fourth-order valence-electron chi connectivity index (χ4n) is 2.47. The van der Waals surface area contributed by atoms with Gasteiger partial charge in [-0.2, -0.15) is 0 Å². The molecule has 1 saturated heterocycles. The first-order valence-corrected chi connectivity index (χ1v) is 8.62. The van der Waals surface area contributed by atoms with Crippen molar-refractivity contribution in [2.75, 3.05) is 4.90 Å². The summed E-state index contributed by atoms with van der Waals surface area (Å²) in [6.45, 7) is 1.83. The SMILES string of the molecule is Cc1ccc(N2C(=O)CC(Sc3ncccc3C(=O)O)C2=O)cc1Cl. The lowest BCUT2D eigenvalue weighted by molar-refractivity contribution is -0.121. The van der Waals surface area contributed by atoms with Crippen LogP contribution in [0, 0.1) is 6.92 Å². The number of hydrogen-bond donors (Lipinski definition) is 1. The second kappa shape index (κ2) is 6.85. The average molecular weight is 377 g/mol. The van der Waals surface area contributed by atoms with E-state index in [1.54, 1.807) is 18.2 Å². The van der Waals surface area contributed by atoms with Crippen LogP contribution in [-0.2, 0) is 9.59 Å². The fraction of sp³-hybridized carbons (Fsp3) is 0.176. The molecule has 0 radical (unpaired) electrons. The lowest BCUT2D eigenvalue weighted by Crippen LogP contribution is -2.31. The molecule has 1 aromatic heterocycles. The number of thioether (sulfide) groups is 1. The summed E-state index contributed by atoms with van der Waals surface area (Å²) in [6, 6.07) is 7.89. The van der Waals surface area contributed by atoms with Gasteiger partial charge in [-0.1, -0.05) is 29.4 Å². The van der Waals surface area contributed by atoms with Gasteiger partial charge in [-0.3, -0.25) is 9.59 Å². The van der Waals surface area contributed by atoms with Crippen molar-refractivity contribution in [3.63, 3.8) is 0 Å². The van der Waals surface area contributed by atoms with Gasteiger partial charge in [0.2, 0.25) is 11.8 Å². The number of carboxylic acids is 1. The van der Waals surface area contributed by atoms with E-state index in [0.29, 0.717) is 10.7 Å². The maximum atomic E-state index is 12.7. The number of hydrogen-bond acceptors (Lipinski definition) is 5. The molecule has 0 aliphatic carbocycles. The largest absolute Gasteiger partial charge is 0.478 e. The topological polar surface area (TPSA) is 87.6 Å². The lowest BCUT2D eigenvalue weighted by Gasteiger charge is -2.16. The number of pyridine rings is 1. The molecule has 0 bridgehead atoms. The molecule has 0 saturated carbocycles. The first-order valence-electron chi connectivity index (χ1n) is 7.36. The van der Waals surface area contributed by atoms with Crippen LogP contribution in [0.3, 0.4) is 0 Å². The summed E-state index contributed by atoms with van der Waals surface area (Å²) >= 11 is 7.07. The molecule has 8 heteroatoms. The van der Waals surface area contributed by atoms with Gasteiger partial charge < -0.3 is 5.11 Å². The maximum absolute atomic E-state index is 12.7. The molecule has 1 aromatic carbocycles. The van der Waals surface area contributed by atoms with E-state index in [0.717, 1.165) is 22.2 Å². The van der Waals surface area contributed by atoms with E-state index >= 15 is 0 Å². The minimum absolute atomic E-state index is 0.00424. The van der Waals surface area contributed by atoms with Gasteiger partial charge in [0.05, 0.1) is 16.5 Å². The summed E-state index contributed by atoms with van der Waals surface area (Å²) in [4.78, 5) is 41.4. The Labute approximate surface area is 152 Å². The molecule has 2 heterocycles. The zero-order valence-corrected chi connectivity index (χ0v) is 14.7. The highest BCUT2D eigenvalue weighted by Gasteiger charge is 2.41. The van der Waals surface area contributed by atoms with Gasteiger partial charge in [-0.15, -0.1) is 0 Å². The van der Waals surface area contributed by atoms with Crippen LogP contribution in [0.2, 0.25) is 5.02 Å². The first kappa shape index (κ1) is 17.4. The second-order valence-electron chi connectivity index (χ2n) is 5.47.